The van der Waals surface area contributed by atoms with Crippen LogP contribution in [-0.2, 0) is 19.3 Å². The van der Waals surface area contributed by atoms with Crippen molar-refractivity contribution in [1.82, 2.24) is 0 Å². The molecule has 14 heavy (non-hydrogen) atoms. The molecule has 2 nitrogen and oxygen atoms in total. The highest BCUT2D eigenvalue weighted by Crippen LogP contribution is 2.40. The second-order valence-corrected chi connectivity index (χ2v) is 4.40. The molecule has 0 aliphatic heterocycles. The highest BCUT2D eigenvalue weighted by atomic mass is 16.3. The molecule has 0 bridgehead atoms. The molecule has 1 aromatic rings. The Labute approximate surface area is 83.7 Å². The molecule has 3 rings (SSSR count). The van der Waals surface area contributed by atoms with E-state index in [2.05, 4.69) is 6.07 Å². The van der Waals surface area contributed by atoms with Crippen molar-refractivity contribution < 1.29 is 5.11 Å². The lowest BCUT2D eigenvalue weighted by molar-refractivity contribution is 0.180. The first kappa shape index (κ1) is 8.30. The Balaban J connectivity index is 2.24. The smallest absolute Gasteiger partial charge is 0.0796 e. The molecule has 3 N–H and O–H groups in total. The van der Waals surface area contributed by atoms with Crippen LogP contribution in [0.1, 0.15) is 41.2 Å². The Bertz CT molecular complexity index is 398. The summed E-state index contributed by atoms with van der Waals surface area (Å²) in [6, 6.07) is 2.19. The van der Waals surface area contributed by atoms with Gasteiger partial charge in [-0.2, -0.15) is 0 Å². The Kier molecular flexibility index (Phi) is 1.62. The molecule has 0 radical (unpaired) electrons. The van der Waals surface area contributed by atoms with E-state index in [9.17, 15) is 5.11 Å². The minimum Gasteiger partial charge on any atom is -0.398 e. The number of benzene rings is 1. The zero-order valence-electron chi connectivity index (χ0n) is 8.21. The van der Waals surface area contributed by atoms with E-state index in [1.807, 2.05) is 0 Å². The molecule has 1 aromatic carbocycles. The molecule has 2 heteroatoms. The average Bonchev–Trinajstić information content (AvgIpc) is 2.75. The van der Waals surface area contributed by atoms with Crippen molar-refractivity contribution in [1.29, 1.82) is 0 Å². The first-order valence-corrected chi connectivity index (χ1v) is 5.38. The topological polar surface area (TPSA) is 46.2 Å². The van der Waals surface area contributed by atoms with Crippen LogP contribution in [0.5, 0.6) is 0 Å². The van der Waals surface area contributed by atoms with Gasteiger partial charge < -0.3 is 10.8 Å². The van der Waals surface area contributed by atoms with Gasteiger partial charge in [-0.3, -0.25) is 0 Å². The molecule has 0 spiro atoms. The highest BCUT2D eigenvalue weighted by Gasteiger charge is 2.26. The van der Waals surface area contributed by atoms with Crippen molar-refractivity contribution in [3.63, 3.8) is 0 Å². The second kappa shape index (κ2) is 2.74. The van der Waals surface area contributed by atoms with Crippen LogP contribution in [0.25, 0.3) is 0 Å². The van der Waals surface area contributed by atoms with Crippen molar-refractivity contribution in [3.8, 4) is 0 Å². The maximum atomic E-state index is 9.78. The van der Waals surface area contributed by atoms with Gasteiger partial charge in [0.25, 0.3) is 0 Å². The molecule has 0 aromatic heterocycles. The van der Waals surface area contributed by atoms with Gasteiger partial charge in [0.2, 0.25) is 0 Å². The van der Waals surface area contributed by atoms with Crippen molar-refractivity contribution in [2.24, 2.45) is 0 Å². The summed E-state index contributed by atoms with van der Waals surface area (Å²) in [4.78, 5) is 0. The number of rotatable bonds is 0. The first-order chi connectivity index (χ1) is 6.77. The van der Waals surface area contributed by atoms with Gasteiger partial charge in [0, 0.05) is 5.69 Å². The Morgan fingerprint density at radius 3 is 2.93 bits per heavy atom. The van der Waals surface area contributed by atoms with E-state index in [1.165, 1.54) is 23.1 Å². The Hall–Kier alpha value is -1.02. The van der Waals surface area contributed by atoms with Gasteiger partial charge in [0.05, 0.1) is 6.10 Å². The Morgan fingerprint density at radius 1 is 1.21 bits per heavy atom. The molecule has 0 saturated carbocycles. The van der Waals surface area contributed by atoms with E-state index >= 15 is 0 Å². The number of aryl methyl sites for hydroxylation is 1. The standard InChI is InChI=1S/C12H15NO/c13-12-8-3-1-2-7(8)6-10-9(12)4-5-11(10)14/h6,11,14H,1-5,13H2. The zero-order chi connectivity index (χ0) is 9.71. The van der Waals surface area contributed by atoms with Gasteiger partial charge in [-0.25, -0.2) is 0 Å². The molecule has 0 heterocycles. The van der Waals surface area contributed by atoms with Gasteiger partial charge in [-0.1, -0.05) is 6.07 Å². The molecular formula is C12H15NO. The lowest BCUT2D eigenvalue weighted by Crippen LogP contribution is -2.01. The fourth-order valence-corrected chi connectivity index (χ4v) is 2.86. The summed E-state index contributed by atoms with van der Waals surface area (Å²) in [6.45, 7) is 0. The fourth-order valence-electron chi connectivity index (χ4n) is 2.86. The van der Waals surface area contributed by atoms with Gasteiger partial charge in [-0.05, 0) is 54.4 Å². The summed E-state index contributed by atoms with van der Waals surface area (Å²) in [7, 11) is 0. The van der Waals surface area contributed by atoms with E-state index in [-0.39, 0.29) is 6.10 Å². The maximum Gasteiger partial charge on any atom is 0.0796 e. The lowest BCUT2D eigenvalue weighted by Gasteiger charge is -2.11. The summed E-state index contributed by atoms with van der Waals surface area (Å²) in [5.41, 5.74) is 12.2. The van der Waals surface area contributed by atoms with Crippen molar-refractivity contribution >= 4 is 5.69 Å². The lowest BCUT2D eigenvalue weighted by atomic mass is 9.99. The molecule has 0 amide bonds. The number of aliphatic hydroxyl groups excluding tert-OH is 1. The van der Waals surface area contributed by atoms with E-state index in [0.717, 1.165) is 36.9 Å². The molecule has 74 valence electrons. The monoisotopic (exact) mass is 189 g/mol. The molecule has 2 aliphatic carbocycles. The summed E-state index contributed by atoms with van der Waals surface area (Å²) in [5.74, 6) is 0. The van der Waals surface area contributed by atoms with Crippen LogP contribution in [-0.4, -0.2) is 5.11 Å². The van der Waals surface area contributed by atoms with Crippen molar-refractivity contribution in [2.45, 2.75) is 38.2 Å². The van der Waals surface area contributed by atoms with Gasteiger partial charge in [0.15, 0.2) is 0 Å². The van der Waals surface area contributed by atoms with Crippen molar-refractivity contribution in [3.05, 3.63) is 28.3 Å². The van der Waals surface area contributed by atoms with Crippen LogP contribution in [0.15, 0.2) is 6.07 Å². The van der Waals surface area contributed by atoms with E-state index in [4.69, 9.17) is 5.73 Å². The minimum absolute atomic E-state index is 0.266. The maximum absolute atomic E-state index is 9.78. The SMILES string of the molecule is Nc1c2c(cc3c1CCC3O)CCC2. The third kappa shape index (κ3) is 0.947. The number of fused-ring (bicyclic) bond motifs is 2. The van der Waals surface area contributed by atoms with Gasteiger partial charge >= 0.3 is 0 Å². The number of nitrogens with two attached hydrogens (primary N) is 1. The molecular weight excluding hydrogens is 174 g/mol. The van der Waals surface area contributed by atoms with E-state index < -0.39 is 0 Å². The van der Waals surface area contributed by atoms with Crippen LogP contribution in [0, 0.1) is 0 Å². The molecule has 2 aliphatic rings. The highest BCUT2D eigenvalue weighted by molar-refractivity contribution is 5.63. The van der Waals surface area contributed by atoms with Crippen LogP contribution in [0.2, 0.25) is 0 Å². The average molecular weight is 189 g/mol. The molecule has 1 unspecified atom stereocenters. The van der Waals surface area contributed by atoms with Crippen LogP contribution in [0.3, 0.4) is 0 Å². The minimum atomic E-state index is -0.266. The first-order valence-electron chi connectivity index (χ1n) is 5.38. The number of anilines is 1. The summed E-state index contributed by atoms with van der Waals surface area (Å²) in [6.07, 6.45) is 5.03. The zero-order valence-corrected chi connectivity index (χ0v) is 8.21. The quantitative estimate of drug-likeness (QED) is 0.611. The second-order valence-electron chi connectivity index (χ2n) is 4.40. The Morgan fingerprint density at radius 2 is 2.07 bits per heavy atom. The summed E-state index contributed by atoms with van der Waals surface area (Å²) < 4.78 is 0. The summed E-state index contributed by atoms with van der Waals surface area (Å²) >= 11 is 0. The van der Waals surface area contributed by atoms with E-state index in [0.29, 0.717) is 0 Å². The molecule has 0 saturated heterocycles. The molecule has 1 atom stereocenters. The predicted molar refractivity (Wildman–Crippen MR) is 56.2 cm³/mol. The predicted octanol–water partition coefficient (Wildman–Crippen LogP) is 1.74. The number of hydrogen-bond acceptors (Lipinski definition) is 2. The van der Waals surface area contributed by atoms with Gasteiger partial charge in [0.1, 0.15) is 0 Å². The fraction of sp³-hybridized carbons (Fsp3) is 0.500. The van der Waals surface area contributed by atoms with Gasteiger partial charge in [-0.15, -0.1) is 0 Å². The molecule has 0 fully saturated rings. The number of hydrogen-bond donors (Lipinski definition) is 2. The van der Waals surface area contributed by atoms with Crippen LogP contribution < -0.4 is 5.73 Å². The van der Waals surface area contributed by atoms with E-state index in [1.54, 1.807) is 0 Å². The van der Waals surface area contributed by atoms with Crippen molar-refractivity contribution in [2.75, 3.05) is 5.73 Å². The van der Waals surface area contributed by atoms with Crippen LogP contribution in [0.4, 0.5) is 5.69 Å². The number of aliphatic hydroxyl groups is 1. The van der Waals surface area contributed by atoms with Crippen LogP contribution >= 0.6 is 0 Å². The largest absolute Gasteiger partial charge is 0.398 e. The number of nitrogen functional groups attached to an aromatic ring is 1. The third-order valence-corrected chi connectivity index (χ3v) is 3.62. The summed E-state index contributed by atoms with van der Waals surface area (Å²) in [5, 5.41) is 9.78. The third-order valence-electron chi connectivity index (χ3n) is 3.62. The normalized spacial score (nSPS) is 23.6.